The number of fused-ring (bicyclic) bond motifs is 4. The van der Waals surface area contributed by atoms with Gasteiger partial charge in [0, 0.05) is 28.8 Å². The van der Waals surface area contributed by atoms with E-state index in [1.807, 2.05) is 24.4 Å². The number of hydrogen-bond acceptors (Lipinski definition) is 7. The molecule has 0 amide bonds. The Kier molecular flexibility index (Phi) is 5.38. The Morgan fingerprint density at radius 2 is 1.78 bits per heavy atom. The van der Waals surface area contributed by atoms with E-state index in [4.69, 9.17) is 15.2 Å². The molecule has 4 heterocycles. The van der Waals surface area contributed by atoms with Gasteiger partial charge in [0.2, 0.25) is 0 Å². The third kappa shape index (κ3) is 3.59. The van der Waals surface area contributed by atoms with E-state index < -0.39 is 11.4 Å². The number of nitrogens with zero attached hydrogens (tertiary/aromatic N) is 5. The van der Waals surface area contributed by atoms with Crippen LogP contribution in [-0.4, -0.2) is 45.8 Å². The van der Waals surface area contributed by atoms with Gasteiger partial charge >= 0.3 is 5.97 Å². The third-order valence-electron chi connectivity index (χ3n) is 8.48. The van der Waals surface area contributed by atoms with Crippen LogP contribution < -0.4 is 5.90 Å². The van der Waals surface area contributed by atoms with Gasteiger partial charge in [-0.3, -0.25) is 9.78 Å². The van der Waals surface area contributed by atoms with Crippen molar-refractivity contribution in [1.82, 2.24) is 29.5 Å². The van der Waals surface area contributed by atoms with Crippen molar-refractivity contribution < 1.29 is 15.1 Å². The van der Waals surface area contributed by atoms with Gasteiger partial charge in [0.1, 0.15) is 17.8 Å². The number of aliphatic carboxylic acids is 1. The first kappa shape index (κ1) is 22.8. The zero-order valence-electron chi connectivity index (χ0n) is 19.9. The maximum Gasteiger partial charge on any atom is 0.309 e. The quantitative estimate of drug-likeness (QED) is 0.307. The molecule has 0 unspecified atom stereocenters. The highest BCUT2D eigenvalue weighted by Crippen LogP contribution is 2.57. The molecule has 4 fully saturated rings. The number of imidazole rings is 1. The summed E-state index contributed by atoms with van der Waals surface area (Å²) in [6, 6.07) is 10.2. The molecule has 0 aromatic carbocycles. The van der Waals surface area contributed by atoms with Gasteiger partial charge in [0.05, 0.1) is 16.8 Å². The Morgan fingerprint density at radius 3 is 2.47 bits per heavy atom. The minimum absolute atomic E-state index is 0.102. The number of H-pyrrole nitrogens is 1. The molecule has 4 aliphatic carbocycles. The van der Waals surface area contributed by atoms with Crippen LogP contribution in [0.25, 0.3) is 28.3 Å². The van der Waals surface area contributed by atoms with Crippen molar-refractivity contribution in [3.05, 3.63) is 54.4 Å². The zero-order chi connectivity index (χ0) is 24.9. The van der Waals surface area contributed by atoms with E-state index >= 15 is 0 Å². The predicted octanol–water partition coefficient (Wildman–Crippen LogP) is 4.07. The average Bonchev–Trinajstić information content (AvgIpc) is 3.51. The lowest BCUT2D eigenvalue weighted by molar-refractivity contribution is -0.156. The van der Waals surface area contributed by atoms with Gasteiger partial charge < -0.3 is 15.3 Å². The molecule has 10 heteroatoms. The molecule has 0 radical (unpaired) electrons. The number of carboxylic acids is 1. The summed E-state index contributed by atoms with van der Waals surface area (Å²) in [5.74, 6) is 4.39. The molecule has 0 aliphatic heterocycles. The normalized spacial score (nSPS) is 24.9. The summed E-state index contributed by atoms with van der Waals surface area (Å²) in [4.78, 5) is 30.1. The van der Waals surface area contributed by atoms with Crippen LogP contribution in [0.3, 0.4) is 0 Å². The Hall–Kier alpha value is -3.63. The van der Waals surface area contributed by atoms with Crippen LogP contribution in [0, 0.1) is 5.41 Å². The van der Waals surface area contributed by atoms with Crippen LogP contribution in [0.5, 0.6) is 0 Å². The summed E-state index contributed by atoms with van der Waals surface area (Å²) in [6.45, 7) is 0. The van der Waals surface area contributed by atoms with Crippen molar-refractivity contribution in [2.75, 3.05) is 0 Å². The first-order chi connectivity index (χ1) is 17.6. The zero-order valence-corrected chi connectivity index (χ0v) is 19.9. The van der Waals surface area contributed by atoms with Gasteiger partial charge in [-0.15, -0.1) is 0 Å². The molecule has 186 valence electrons. The van der Waals surface area contributed by atoms with Gasteiger partial charge in [-0.1, -0.05) is 6.07 Å². The highest BCUT2D eigenvalue weighted by Gasteiger charge is 2.54. The van der Waals surface area contributed by atoms with Crippen LogP contribution in [0.2, 0.25) is 0 Å². The smallest absolute Gasteiger partial charge is 0.309 e. The molecular weight excluding hydrogens is 458 g/mol. The molecular formula is C26H29N7O3. The topological polar surface area (TPSA) is 155 Å². The van der Waals surface area contributed by atoms with Crippen LogP contribution in [0.4, 0.5) is 0 Å². The highest BCUT2D eigenvalue weighted by atomic mass is 16.4. The fourth-order valence-electron chi connectivity index (χ4n) is 6.03. The standard InChI is InChI=1S/C26H26N6O2.H3NO/c33-24(34)26-11-8-25(9-12-26,10-13-26)23-30-21(17-6-7-20-27-15-28-32(20)14-17)22(31-23)19-3-1-2-18(29-19)16-4-5-16;1-2/h1-3,6-7,14-16H,4-5,8-13H2,(H,30,31)(H,33,34);2H,1H2. The summed E-state index contributed by atoms with van der Waals surface area (Å²) >= 11 is 0. The minimum atomic E-state index is -0.635. The van der Waals surface area contributed by atoms with Crippen molar-refractivity contribution in [2.45, 2.75) is 62.7 Å². The Labute approximate surface area is 207 Å². The lowest BCUT2D eigenvalue weighted by atomic mass is 9.53. The highest BCUT2D eigenvalue weighted by molar-refractivity contribution is 5.78. The largest absolute Gasteiger partial charge is 0.481 e. The molecule has 2 bridgehead atoms. The van der Waals surface area contributed by atoms with Crippen LogP contribution in [-0.2, 0) is 10.2 Å². The molecule has 4 aromatic heterocycles. The molecule has 4 aromatic rings. The lowest BCUT2D eigenvalue weighted by Crippen LogP contribution is -2.48. The fraction of sp³-hybridized carbons (Fsp3) is 0.423. The summed E-state index contributed by atoms with van der Waals surface area (Å²) in [7, 11) is 0. The number of aromatic nitrogens is 6. The average molecular weight is 488 g/mol. The van der Waals surface area contributed by atoms with E-state index in [1.54, 1.807) is 10.8 Å². The molecule has 8 rings (SSSR count). The summed E-state index contributed by atoms with van der Waals surface area (Å²) in [5.41, 5.74) is 4.93. The second kappa shape index (κ2) is 8.49. The number of rotatable bonds is 5. The van der Waals surface area contributed by atoms with E-state index in [2.05, 4.69) is 33.1 Å². The van der Waals surface area contributed by atoms with E-state index in [0.29, 0.717) is 25.2 Å². The second-order valence-electron chi connectivity index (χ2n) is 10.4. The molecule has 0 spiro atoms. The van der Waals surface area contributed by atoms with Crippen LogP contribution >= 0.6 is 0 Å². The molecule has 0 saturated heterocycles. The van der Waals surface area contributed by atoms with E-state index in [-0.39, 0.29) is 5.41 Å². The van der Waals surface area contributed by atoms with Crippen molar-refractivity contribution in [1.29, 1.82) is 0 Å². The maximum atomic E-state index is 11.9. The molecule has 0 atom stereocenters. The molecule has 4 aliphatic rings. The fourth-order valence-corrected chi connectivity index (χ4v) is 6.03. The summed E-state index contributed by atoms with van der Waals surface area (Å²) in [5, 5.41) is 20.6. The van der Waals surface area contributed by atoms with Gasteiger partial charge in [0.25, 0.3) is 0 Å². The molecule has 4 saturated carbocycles. The van der Waals surface area contributed by atoms with Gasteiger partial charge in [-0.25, -0.2) is 20.4 Å². The first-order valence-corrected chi connectivity index (χ1v) is 12.4. The Balaban J connectivity index is 0.00000117. The minimum Gasteiger partial charge on any atom is -0.481 e. The maximum absolute atomic E-state index is 11.9. The summed E-state index contributed by atoms with van der Waals surface area (Å²) < 4.78 is 1.77. The van der Waals surface area contributed by atoms with E-state index in [9.17, 15) is 9.90 Å². The van der Waals surface area contributed by atoms with Crippen molar-refractivity contribution in [3.8, 4) is 22.6 Å². The van der Waals surface area contributed by atoms with Gasteiger partial charge in [0.15, 0.2) is 5.65 Å². The first-order valence-electron chi connectivity index (χ1n) is 12.4. The number of nitrogens with two attached hydrogens (primary N) is 1. The number of aromatic amines is 1. The Bertz CT molecular complexity index is 1410. The molecule has 5 N–H and O–H groups in total. The number of pyridine rings is 2. The SMILES string of the molecule is NO.O=C(O)C12CCC(c3nc(-c4cccc(C5CC5)n4)c(-c4ccc5ncnn5c4)[nH]3)(CC1)CC2. The number of carboxylic acid groups (broad SMARTS) is 1. The monoisotopic (exact) mass is 487 g/mol. The molecule has 10 nitrogen and oxygen atoms in total. The van der Waals surface area contributed by atoms with Gasteiger partial charge in [-0.2, -0.15) is 5.10 Å². The van der Waals surface area contributed by atoms with Crippen LogP contribution in [0.15, 0.2) is 42.9 Å². The summed E-state index contributed by atoms with van der Waals surface area (Å²) in [6.07, 6.45) is 10.6. The third-order valence-corrected chi connectivity index (χ3v) is 8.48. The van der Waals surface area contributed by atoms with E-state index in [1.165, 1.54) is 12.8 Å². The Morgan fingerprint density at radius 1 is 1.03 bits per heavy atom. The van der Waals surface area contributed by atoms with E-state index in [0.717, 1.165) is 59.1 Å². The predicted molar refractivity (Wildman–Crippen MR) is 131 cm³/mol. The van der Waals surface area contributed by atoms with Crippen LogP contribution in [0.1, 0.15) is 68.8 Å². The van der Waals surface area contributed by atoms with Gasteiger partial charge in [-0.05, 0) is 75.6 Å². The second-order valence-corrected chi connectivity index (χ2v) is 10.4. The van der Waals surface area contributed by atoms with Crippen molar-refractivity contribution in [2.24, 2.45) is 11.3 Å². The van der Waals surface area contributed by atoms with Crippen molar-refractivity contribution in [3.63, 3.8) is 0 Å². The number of carbonyl (C=O) groups is 1. The van der Waals surface area contributed by atoms with Crippen molar-refractivity contribution >= 4 is 11.6 Å². The lowest BCUT2D eigenvalue weighted by Gasteiger charge is -2.50. The number of nitrogens with one attached hydrogen (secondary N) is 1. The number of hydrogen-bond donors (Lipinski definition) is 4. The molecule has 36 heavy (non-hydrogen) atoms.